The largest absolute Gasteiger partial charge is 0.480 e. The van der Waals surface area contributed by atoms with Gasteiger partial charge in [-0.2, -0.15) is 13.2 Å². The molecule has 0 saturated carbocycles. The van der Waals surface area contributed by atoms with Gasteiger partial charge in [0.05, 0.1) is 16.7 Å². The Morgan fingerprint density at radius 3 is 2.33 bits per heavy atom. The van der Waals surface area contributed by atoms with E-state index in [1.807, 2.05) is 0 Å². The number of sulfone groups is 2. The van der Waals surface area contributed by atoms with E-state index >= 15 is 0 Å². The summed E-state index contributed by atoms with van der Waals surface area (Å²) < 4.78 is 94.0. The molecule has 1 aliphatic heterocycles. The summed E-state index contributed by atoms with van der Waals surface area (Å²) >= 11 is 0.954. The van der Waals surface area contributed by atoms with Crippen LogP contribution in [0.3, 0.4) is 0 Å². The molecule has 0 aliphatic carbocycles. The van der Waals surface area contributed by atoms with Gasteiger partial charge >= 0.3 is 6.18 Å². The Balaban J connectivity index is 1.51. The summed E-state index contributed by atoms with van der Waals surface area (Å²) in [6.45, 7) is 1.54. The fraction of sp³-hybridized carbons (Fsp3) is 0.348. The maximum atomic E-state index is 13.3. The Morgan fingerprint density at radius 1 is 1.05 bits per heavy atom. The number of hydrogen-bond acceptors (Lipinski definition) is 10. The van der Waals surface area contributed by atoms with Gasteiger partial charge in [0, 0.05) is 38.6 Å². The summed E-state index contributed by atoms with van der Waals surface area (Å²) in [6, 6.07) is 7.68. The topological polar surface area (TPSA) is 127 Å². The second-order valence-corrected chi connectivity index (χ2v) is 13.8. The summed E-state index contributed by atoms with van der Waals surface area (Å²) in [6.07, 6.45) is -3.39. The predicted molar refractivity (Wildman–Crippen MR) is 136 cm³/mol. The van der Waals surface area contributed by atoms with E-state index in [1.54, 1.807) is 17.0 Å². The molecule has 210 valence electrons. The molecule has 1 fully saturated rings. The van der Waals surface area contributed by atoms with Crippen LogP contribution in [0.5, 0.6) is 5.75 Å². The Morgan fingerprint density at radius 2 is 1.74 bits per heavy atom. The first-order valence-corrected chi connectivity index (χ1v) is 15.6. The summed E-state index contributed by atoms with van der Waals surface area (Å²) in [4.78, 5) is 24.3. The van der Waals surface area contributed by atoms with Gasteiger partial charge in [0.25, 0.3) is 5.91 Å². The predicted octanol–water partition coefficient (Wildman–Crippen LogP) is 3.07. The van der Waals surface area contributed by atoms with Crippen LogP contribution in [-0.4, -0.2) is 82.3 Å². The molecular formula is C23H23F3N4O6S3. The van der Waals surface area contributed by atoms with Gasteiger partial charge in [0.2, 0.25) is 9.84 Å². The van der Waals surface area contributed by atoms with Crippen molar-refractivity contribution in [2.45, 2.75) is 33.3 Å². The van der Waals surface area contributed by atoms with Crippen molar-refractivity contribution in [1.82, 2.24) is 14.9 Å². The highest BCUT2D eigenvalue weighted by Gasteiger charge is 2.39. The van der Waals surface area contributed by atoms with Crippen LogP contribution in [0.2, 0.25) is 0 Å². The van der Waals surface area contributed by atoms with E-state index in [0.29, 0.717) is 5.13 Å². The van der Waals surface area contributed by atoms with Crippen LogP contribution in [-0.2, 0) is 19.7 Å². The van der Waals surface area contributed by atoms with Crippen molar-refractivity contribution in [3.05, 3.63) is 54.4 Å². The fourth-order valence-corrected chi connectivity index (χ4v) is 6.79. The number of amides is 1. The Kier molecular flexibility index (Phi) is 7.91. The second kappa shape index (κ2) is 10.7. The first kappa shape index (κ1) is 28.8. The second-order valence-electron chi connectivity index (χ2n) is 8.64. The van der Waals surface area contributed by atoms with Crippen LogP contribution in [0.25, 0.3) is 0 Å². The third-order valence-electron chi connectivity index (χ3n) is 5.86. The molecule has 4 rings (SSSR count). The van der Waals surface area contributed by atoms with Crippen LogP contribution in [0.15, 0.2) is 62.9 Å². The van der Waals surface area contributed by atoms with Crippen LogP contribution >= 0.6 is 11.3 Å². The van der Waals surface area contributed by atoms with E-state index < -0.39 is 37.9 Å². The number of aromatic nitrogens is 2. The van der Waals surface area contributed by atoms with E-state index in [4.69, 9.17) is 4.74 Å². The lowest BCUT2D eigenvalue weighted by Gasteiger charge is -2.35. The van der Waals surface area contributed by atoms with Gasteiger partial charge in [-0.15, -0.1) is 0 Å². The van der Waals surface area contributed by atoms with Crippen molar-refractivity contribution < 1.29 is 39.5 Å². The van der Waals surface area contributed by atoms with Crippen molar-refractivity contribution in [3.63, 3.8) is 0 Å². The quantitative estimate of drug-likeness (QED) is 0.400. The number of alkyl halides is 3. The van der Waals surface area contributed by atoms with Gasteiger partial charge in [-0.3, -0.25) is 4.79 Å². The number of halogens is 3. The van der Waals surface area contributed by atoms with E-state index in [0.717, 1.165) is 42.7 Å². The molecule has 0 N–H and O–H groups in total. The number of nitrogens with zero attached hydrogens (tertiary/aromatic N) is 4. The Labute approximate surface area is 226 Å². The minimum Gasteiger partial charge on any atom is -0.480 e. The number of carbonyl (C=O) groups excluding carboxylic acids is 1. The van der Waals surface area contributed by atoms with Crippen LogP contribution < -0.4 is 9.64 Å². The lowest BCUT2D eigenvalue weighted by Crippen LogP contribution is -2.49. The molecule has 39 heavy (non-hydrogen) atoms. The van der Waals surface area contributed by atoms with Gasteiger partial charge in [0.15, 0.2) is 26.1 Å². The molecule has 0 spiro atoms. The number of anilines is 1. The zero-order valence-corrected chi connectivity index (χ0v) is 23.1. The van der Waals surface area contributed by atoms with Crippen LogP contribution in [0, 0.1) is 0 Å². The van der Waals surface area contributed by atoms with Gasteiger partial charge in [-0.25, -0.2) is 26.8 Å². The molecule has 16 heteroatoms. The van der Waals surface area contributed by atoms with E-state index in [1.165, 1.54) is 23.4 Å². The van der Waals surface area contributed by atoms with E-state index in [2.05, 4.69) is 9.97 Å². The van der Waals surface area contributed by atoms with Crippen molar-refractivity contribution >= 4 is 42.1 Å². The molecule has 1 amide bonds. The van der Waals surface area contributed by atoms with Gasteiger partial charge < -0.3 is 14.5 Å². The van der Waals surface area contributed by atoms with E-state index in [-0.39, 0.29) is 51.6 Å². The number of benzene rings is 1. The minimum atomic E-state index is -4.70. The molecule has 1 saturated heterocycles. The Hall–Kier alpha value is -3.24. The number of thiazole rings is 1. The standard InChI is InChI=1S/C23H23F3N4O6S3/c1-15(23(24,25)26)36-18-7-6-16(38(2,32)33)13-17(18)21(31)29-9-11-30(12-10-29)22-28-14-20(37-22)39(34,35)19-5-3-4-8-27-19/h3-8,13-15H,9-12H2,1-2H3. The molecule has 1 aromatic carbocycles. The third-order valence-corrected chi connectivity index (χ3v) is 10.2. The normalized spacial score (nSPS) is 15.7. The summed E-state index contributed by atoms with van der Waals surface area (Å²) in [5.41, 5.74) is -0.305. The molecule has 1 atom stereocenters. The van der Waals surface area contributed by atoms with Crippen molar-refractivity contribution in [2.75, 3.05) is 37.3 Å². The highest BCUT2D eigenvalue weighted by Crippen LogP contribution is 2.32. The lowest BCUT2D eigenvalue weighted by atomic mass is 10.1. The number of piperazine rings is 1. The smallest absolute Gasteiger partial charge is 0.425 e. The third kappa shape index (κ3) is 6.33. The van der Waals surface area contributed by atoms with Crippen molar-refractivity contribution in [1.29, 1.82) is 0 Å². The molecule has 1 unspecified atom stereocenters. The van der Waals surface area contributed by atoms with Crippen LogP contribution in [0.1, 0.15) is 17.3 Å². The fourth-order valence-electron chi connectivity index (χ4n) is 3.67. The lowest BCUT2D eigenvalue weighted by molar-refractivity contribution is -0.189. The zero-order valence-electron chi connectivity index (χ0n) is 20.6. The number of rotatable bonds is 7. The van der Waals surface area contributed by atoms with Crippen molar-refractivity contribution in [2.24, 2.45) is 0 Å². The first-order chi connectivity index (χ1) is 18.2. The molecule has 0 radical (unpaired) electrons. The monoisotopic (exact) mass is 604 g/mol. The maximum Gasteiger partial charge on any atom is 0.425 e. The average molecular weight is 605 g/mol. The summed E-state index contributed by atoms with van der Waals surface area (Å²) in [7, 11) is -7.60. The Bertz CT molecular complexity index is 1570. The van der Waals surface area contributed by atoms with Crippen molar-refractivity contribution in [3.8, 4) is 5.75 Å². The van der Waals surface area contributed by atoms with Gasteiger partial charge in [-0.05, 0) is 37.3 Å². The summed E-state index contributed by atoms with van der Waals surface area (Å²) in [5, 5.41) is 0.309. The number of hydrogen-bond donors (Lipinski definition) is 0. The SMILES string of the molecule is CC(Oc1ccc(S(C)(=O)=O)cc1C(=O)N1CCN(c2ncc(S(=O)(=O)c3ccccn3)s2)CC1)C(F)(F)F. The van der Waals surface area contributed by atoms with Crippen LogP contribution in [0.4, 0.5) is 18.3 Å². The average Bonchev–Trinajstić information content (AvgIpc) is 3.39. The molecule has 1 aliphatic rings. The minimum absolute atomic E-state index is 0.00729. The molecule has 0 bridgehead atoms. The molecule has 3 aromatic rings. The van der Waals surface area contributed by atoms with Gasteiger partial charge in [0.1, 0.15) is 9.96 Å². The molecule has 3 heterocycles. The molecular weight excluding hydrogens is 581 g/mol. The maximum absolute atomic E-state index is 13.3. The number of pyridine rings is 1. The number of ether oxygens (including phenoxy) is 1. The first-order valence-electron chi connectivity index (χ1n) is 11.4. The zero-order chi connectivity index (χ0) is 28.6. The molecule has 2 aromatic heterocycles. The number of carbonyl (C=O) groups is 1. The van der Waals surface area contributed by atoms with E-state index in [9.17, 15) is 34.8 Å². The molecule has 10 nitrogen and oxygen atoms in total. The van der Waals surface area contributed by atoms with Gasteiger partial charge in [-0.1, -0.05) is 17.4 Å². The highest BCUT2D eigenvalue weighted by molar-refractivity contribution is 7.93. The summed E-state index contributed by atoms with van der Waals surface area (Å²) in [5.74, 6) is -1.08. The highest BCUT2D eigenvalue weighted by atomic mass is 32.2.